The van der Waals surface area contributed by atoms with Crippen molar-refractivity contribution in [2.45, 2.75) is 85.5 Å². The summed E-state index contributed by atoms with van der Waals surface area (Å²) in [7, 11) is -1.56. The first-order valence-corrected chi connectivity index (χ1v) is 9.44. The third kappa shape index (κ3) is 6.05. The highest BCUT2D eigenvalue weighted by Crippen LogP contribution is 2.38. The van der Waals surface area contributed by atoms with Crippen LogP contribution in [0.15, 0.2) is 0 Å². The second kappa shape index (κ2) is 5.22. The zero-order valence-electron chi connectivity index (χ0n) is 12.9. The van der Waals surface area contributed by atoms with Gasteiger partial charge in [0.1, 0.15) is 0 Å². The Morgan fingerprint density at radius 1 is 1.00 bits per heavy atom. The molecular formula is C14H32OSi. The van der Waals surface area contributed by atoms with Gasteiger partial charge in [-0.1, -0.05) is 41.5 Å². The molecule has 0 unspecified atom stereocenters. The highest BCUT2D eigenvalue weighted by atomic mass is 28.4. The van der Waals surface area contributed by atoms with Crippen LogP contribution in [0.3, 0.4) is 0 Å². The molecule has 1 atom stereocenters. The van der Waals surface area contributed by atoms with Crippen molar-refractivity contribution in [2.24, 2.45) is 5.41 Å². The summed E-state index contributed by atoms with van der Waals surface area (Å²) in [6, 6.07) is 0. The zero-order valence-corrected chi connectivity index (χ0v) is 13.9. The highest BCUT2D eigenvalue weighted by Gasteiger charge is 2.38. The molecule has 0 N–H and O–H groups in total. The summed E-state index contributed by atoms with van der Waals surface area (Å²) in [5.41, 5.74) is 0.422. The van der Waals surface area contributed by atoms with E-state index >= 15 is 0 Å². The van der Waals surface area contributed by atoms with Crippen LogP contribution in [-0.4, -0.2) is 14.4 Å². The van der Waals surface area contributed by atoms with E-state index in [2.05, 4.69) is 61.6 Å². The van der Waals surface area contributed by atoms with Gasteiger partial charge in [0, 0.05) is 6.10 Å². The first-order chi connectivity index (χ1) is 6.85. The lowest BCUT2D eigenvalue weighted by Gasteiger charge is -2.39. The van der Waals surface area contributed by atoms with Crippen molar-refractivity contribution in [3.8, 4) is 0 Å². The van der Waals surface area contributed by atoms with E-state index in [4.69, 9.17) is 4.43 Å². The molecule has 0 aromatic rings. The third-order valence-electron chi connectivity index (χ3n) is 3.60. The van der Waals surface area contributed by atoms with Gasteiger partial charge in [0.05, 0.1) is 0 Å². The van der Waals surface area contributed by atoms with E-state index in [1.165, 1.54) is 12.8 Å². The Bertz CT molecular complexity index is 208. The van der Waals surface area contributed by atoms with Crippen LogP contribution in [0.25, 0.3) is 0 Å². The highest BCUT2D eigenvalue weighted by molar-refractivity contribution is 6.74. The standard InChI is InChI=1S/C14H32OSi/c1-12(10-11-13(2,3)4)15-16(8,9)14(5,6)7/h12H,10-11H2,1-9H3/t12-/m0/s1. The molecule has 2 heteroatoms. The average molecular weight is 244 g/mol. The van der Waals surface area contributed by atoms with E-state index in [0.717, 1.165) is 0 Å². The molecule has 0 spiro atoms. The van der Waals surface area contributed by atoms with Crippen LogP contribution in [0, 0.1) is 5.41 Å². The molecule has 0 aliphatic heterocycles. The predicted molar refractivity (Wildman–Crippen MR) is 76.4 cm³/mol. The van der Waals surface area contributed by atoms with Crippen molar-refractivity contribution in [2.75, 3.05) is 0 Å². The van der Waals surface area contributed by atoms with Crippen LogP contribution in [0.1, 0.15) is 61.3 Å². The molecule has 0 amide bonds. The first-order valence-electron chi connectivity index (χ1n) is 6.53. The Hall–Kier alpha value is 0.177. The Labute approximate surface area is 104 Å². The maximum atomic E-state index is 6.34. The molecule has 0 aliphatic carbocycles. The van der Waals surface area contributed by atoms with Gasteiger partial charge in [-0.3, -0.25) is 0 Å². The molecule has 0 fully saturated rings. The van der Waals surface area contributed by atoms with Gasteiger partial charge in [0.2, 0.25) is 0 Å². The maximum Gasteiger partial charge on any atom is 0.192 e. The Morgan fingerprint density at radius 2 is 1.44 bits per heavy atom. The summed E-state index contributed by atoms with van der Waals surface area (Å²) in [6.07, 6.45) is 2.82. The van der Waals surface area contributed by atoms with Gasteiger partial charge in [0.15, 0.2) is 8.32 Å². The molecule has 0 heterocycles. The second-order valence-corrected chi connectivity index (χ2v) is 12.5. The Kier molecular flexibility index (Phi) is 5.28. The molecular weight excluding hydrogens is 212 g/mol. The molecule has 16 heavy (non-hydrogen) atoms. The molecule has 0 bridgehead atoms. The largest absolute Gasteiger partial charge is 0.414 e. The van der Waals surface area contributed by atoms with Crippen LogP contribution in [0.2, 0.25) is 18.1 Å². The fraction of sp³-hybridized carbons (Fsp3) is 1.00. The first kappa shape index (κ1) is 16.2. The molecule has 0 aromatic carbocycles. The minimum absolute atomic E-state index is 0.322. The van der Waals surface area contributed by atoms with Gasteiger partial charge >= 0.3 is 0 Å². The van der Waals surface area contributed by atoms with Crippen molar-refractivity contribution in [1.29, 1.82) is 0 Å². The van der Waals surface area contributed by atoms with Crippen molar-refractivity contribution in [1.82, 2.24) is 0 Å². The van der Waals surface area contributed by atoms with Crippen molar-refractivity contribution in [3.63, 3.8) is 0 Å². The normalized spacial score (nSPS) is 16.3. The van der Waals surface area contributed by atoms with Crippen LogP contribution >= 0.6 is 0 Å². The molecule has 0 radical (unpaired) electrons. The lowest BCUT2D eigenvalue weighted by atomic mass is 9.89. The van der Waals surface area contributed by atoms with E-state index < -0.39 is 8.32 Å². The second-order valence-electron chi connectivity index (χ2n) is 7.79. The summed E-state index contributed by atoms with van der Waals surface area (Å²) in [4.78, 5) is 0. The maximum absolute atomic E-state index is 6.34. The van der Waals surface area contributed by atoms with E-state index in [-0.39, 0.29) is 0 Å². The van der Waals surface area contributed by atoms with Gasteiger partial charge < -0.3 is 4.43 Å². The van der Waals surface area contributed by atoms with E-state index in [1.54, 1.807) is 0 Å². The van der Waals surface area contributed by atoms with E-state index in [1.807, 2.05) is 0 Å². The van der Waals surface area contributed by atoms with Gasteiger partial charge in [-0.2, -0.15) is 0 Å². The third-order valence-corrected chi connectivity index (χ3v) is 8.21. The molecule has 0 aliphatic rings. The van der Waals surface area contributed by atoms with Gasteiger partial charge in [0.25, 0.3) is 0 Å². The number of hydrogen-bond donors (Lipinski definition) is 0. The molecule has 0 saturated carbocycles. The summed E-state index contributed by atoms with van der Waals surface area (Å²) < 4.78 is 6.34. The minimum atomic E-state index is -1.56. The van der Waals surface area contributed by atoms with Crippen LogP contribution in [0.4, 0.5) is 0 Å². The van der Waals surface area contributed by atoms with Gasteiger partial charge in [-0.05, 0) is 43.3 Å². The van der Waals surface area contributed by atoms with Crippen molar-refractivity contribution in [3.05, 3.63) is 0 Å². The molecule has 0 aromatic heterocycles. The smallest absolute Gasteiger partial charge is 0.192 e. The van der Waals surface area contributed by atoms with E-state index in [0.29, 0.717) is 16.6 Å². The van der Waals surface area contributed by atoms with Crippen LogP contribution in [0.5, 0.6) is 0 Å². The minimum Gasteiger partial charge on any atom is -0.414 e. The van der Waals surface area contributed by atoms with Crippen LogP contribution < -0.4 is 0 Å². The summed E-state index contributed by atoms with van der Waals surface area (Å²) in [5.74, 6) is 0. The number of rotatable bonds is 4. The zero-order chi connectivity index (χ0) is 13.2. The Balaban J connectivity index is 4.20. The van der Waals surface area contributed by atoms with Crippen molar-refractivity contribution >= 4 is 8.32 Å². The average Bonchev–Trinajstić information content (AvgIpc) is 1.96. The van der Waals surface area contributed by atoms with Gasteiger partial charge in [-0.25, -0.2) is 0 Å². The predicted octanol–water partition coefficient (Wildman–Crippen LogP) is 5.22. The van der Waals surface area contributed by atoms with Crippen molar-refractivity contribution < 1.29 is 4.43 Å². The van der Waals surface area contributed by atoms with E-state index in [9.17, 15) is 0 Å². The quantitative estimate of drug-likeness (QED) is 0.616. The Morgan fingerprint density at radius 3 is 1.75 bits per heavy atom. The van der Waals surface area contributed by atoms with Gasteiger partial charge in [-0.15, -0.1) is 0 Å². The summed E-state index contributed by atoms with van der Waals surface area (Å²) in [6.45, 7) is 20.7. The lowest BCUT2D eigenvalue weighted by molar-refractivity contribution is 0.169. The fourth-order valence-corrected chi connectivity index (χ4v) is 2.85. The molecule has 98 valence electrons. The SMILES string of the molecule is C[C@@H](CCC(C)(C)C)O[Si](C)(C)C(C)(C)C. The lowest BCUT2D eigenvalue weighted by Crippen LogP contribution is -2.43. The van der Waals surface area contributed by atoms with Crippen LogP contribution in [-0.2, 0) is 4.43 Å². The topological polar surface area (TPSA) is 9.23 Å². The fourth-order valence-electron chi connectivity index (χ4n) is 1.37. The summed E-state index contributed by atoms with van der Waals surface area (Å²) >= 11 is 0. The molecule has 0 rings (SSSR count). The molecule has 1 nitrogen and oxygen atoms in total. The monoisotopic (exact) mass is 244 g/mol. The number of hydrogen-bond acceptors (Lipinski definition) is 1. The molecule has 0 saturated heterocycles. The summed E-state index contributed by atoms with van der Waals surface area (Å²) in [5, 5.41) is 0.322.